The zero-order valence-electron chi connectivity index (χ0n) is 11.7. The van der Waals surface area contributed by atoms with Crippen molar-refractivity contribution < 1.29 is 13.9 Å². The van der Waals surface area contributed by atoms with Gasteiger partial charge in [0.1, 0.15) is 5.82 Å². The molecular formula is C15H17FN2O2S. The van der Waals surface area contributed by atoms with E-state index < -0.39 is 0 Å². The van der Waals surface area contributed by atoms with Gasteiger partial charge in [0, 0.05) is 20.2 Å². The zero-order valence-corrected chi connectivity index (χ0v) is 12.5. The Bertz CT molecular complexity index is 584. The number of hydrogen-bond donors (Lipinski definition) is 2. The summed E-state index contributed by atoms with van der Waals surface area (Å²) in [7, 11) is 1.59. The van der Waals surface area contributed by atoms with Crippen LogP contribution in [0, 0.1) is 5.82 Å². The molecule has 112 valence electrons. The molecular weight excluding hydrogens is 291 g/mol. The summed E-state index contributed by atoms with van der Waals surface area (Å²) in [6.07, 6.45) is 0. The number of carbonyl (C=O) groups is 1. The molecule has 1 heterocycles. The average Bonchev–Trinajstić information content (AvgIpc) is 2.96. The molecule has 0 saturated carbocycles. The SMILES string of the molecule is COCCNC(=O)c1ccc(NCc2ccc(F)cc2)s1. The molecule has 2 rings (SSSR count). The second kappa shape index (κ2) is 7.75. The monoisotopic (exact) mass is 308 g/mol. The maximum Gasteiger partial charge on any atom is 0.261 e. The highest BCUT2D eigenvalue weighted by Crippen LogP contribution is 2.22. The van der Waals surface area contributed by atoms with Gasteiger partial charge in [0.2, 0.25) is 0 Å². The third-order valence-corrected chi connectivity index (χ3v) is 3.84. The lowest BCUT2D eigenvalue weighted by atomic mass is 10.2. The van der Waals surface area contributed by atoms with Gasteiger partial charge >= 0.3 is 0 Å². The maximum absolute atomic E-state index is 12.8. The largest absolute Gasteiger partial charge is 0.383 e. The number of carbonyl (C=O) groups excluding carboxylic acids is 1. The van der Waals surface area contributed by atoms with Crippen LogP contribution in [0.4, 0.5) is 9.39 Å². The van der Waals surface area contributed by atoms with Crippen molar-refractivity contribution in [1.29, 1.82) is 0 Å². The first-order valence-corrected chi connectivity index (χ1v) is 7.36. The van der Waals surface area contributed by atoms with E-state index in [-0.39, 0.29) is 11.7 Å². The minimum absolute atomic E-state index is 0.105. The van der Waals surface area contributed by atoms with E-state index in [1.54, 1.807) is 25.3 Å². The van der Waals surface area contributed by atoms with E-state index in [1.165, 1.54) is 23.5 Å². The quantitative estimate of drug-likeness (QED) is 0.773. The van der Waals surface area contributed by atoms with Gasteiger partial charge in [0.25, 0.3) is 5.91 Å². The van der Waals surface area contributed by atoms with Crippen LogP contribution in [-0.2, 0) is 11.3 Å². The van der Waals surface area contributed by atoms with Crippen LogP contribution in [0.5, 0.6) is 0 Å². The maximum atomic E-state index is 12.8. The van der Waals surface area contributed by atoms with Crippen LogP contribution in [0.25, 0.3) is 0 Å². The fourth-order valence-electron chi connectivity index (χ4n) is 1.70. The summed E-state index contributed by atoms with van der Waals surface area (Å²) >= 11 is 1.38. The molecule has 1 amide bonds. The van der Waals surface area contributed by atoms with Crippen molar-refractivity contribution in [1.82, 2.24) is 5.32 Å². The minimum atomic E-state index is -0.245. The van der Waals surface area contributed by atoms with Gasteiger partial charge in [0.05, 0.1) is 16.5 Å². The molecule has 0 spiro atoms. The van der Waals surface area contributed by atoms with E-state index in [0.29, 0.717) is 24.6 Å². The van der Waals surface area contributed by atoms with Gasteiger partial charge in [-0.1, -0.05) is 12.1 Å². The third-order valence-electron chi connectivity index (χ3n) is 2.80. The number of anilines is 1. The van der Waals surface area contributed by atoms with Crippen molar-refractivity contribution in [3.05, 3.63) is 52.7 Å². The average molecular weight is 308 g/mol. The summed E-state index contributed by atoms with van der Waals surface area (Å²) in [4.78, 5) is 12.5. The number of benzene rings is 1. The number of amides is 1. The number of hydrogen-bond acceptors (Lipinski definition) is 4. The molecule has 0 aliphatic heterocycles. The molecule has 0 fully saturated rings. The Hall–Kier alpha value is -1.92. The van der Waals surface area contributed by atoms with Crippen LogP contribution in [0.15, 0.2) is 36.4 Å². The Labute approximate surface area is 126 Å². The lowest BCUT2D eigenvalue weighted by Gasteiger charge is -2.04. The molecule has 0 radical (unpaired) electrons. The van der Waals surface area contributed by atoms with E-state index in [2.05, 4.69) is 10.6 Å². The Morgan fingerprint density at radius 3 is 2.71 bits per heavy atom. The first-order valence-electron chi connectivity index (χ1n) is 6.54. The van der Waals surface area contributed by atoms with Crippen LogP contribution >= 0.6 is 11.3 Å². The highest BCUT2D eigenvalue weighted by Gasteiger charge is 2.08. The van der Waals surface area contributed by atoms with Gasteiger partial charge in [-0.15, -0.1) is 11.3 Å². The molecule has 2 aromatic rings. The summed E-state index contributed by atoms with van der Waals surface area (Å²) in [5.74, 6) is -0.350. The summed E-state index contributed by atoms with van der Waals surface area (Å²) in [5, 5.41) is 6.88. The minimum Gasteiger partial charge on any atom is -0.383 e. The Morgan fingerprint density at radius 1 is 1.24 bits per heavy atom. The van der Waals surface area contributed by atoms with Crippen LogP contribution in [0.2, 0.25) is 0 Å². The Morgan fingerprint density at radius 2 is 2.00 bits per heavy atom. The fourth-order valence-corrected chi connectivity index (χ4v) is 2.52. The van der Waals surface area contributed by atoms with Gasteiger partial charge in [-0.3, -0.25) is 4.79 Å². The highest BCUT2D eigenvalue weighted by molar-refractivity contribution is 7.17. The first-order chi connectivity index (χ1) is 10.2. The normalized spacial score (nSPS) is 10.4. The van der Waals surface area contributed by atoms with Crippen LogP contribution in [-0.4, -0.2) is 26.2 Å². The molecule has 21 heavy (non-hydrogen) atoms. The van der Waals surface area contributed by atoms with E-state index in [1.807, 2.05) is 6.07 Å². The second-order valence-electron chi connectivity index (χ2n) is 4.39. The van der Waals surface area contributed by atoms with E-state index >= 15 is 0 Å². The van der Waals surface area contributed by atoms with Crippen molar-refractivity contribution in [2.24, 2.45) is 0 Å². The summed E-state index contributed by atoms with van der Waals surface area (Å²) < 4.78 is 17.7. The zero-order chi connectivity index (χ0) is 15.1. The molecule has 0 unspecified atom stereocenters. The van der Waals surface area contributed by atoms with Crippen molar-refractivity contribution in [2.45, 2.75) is 6.54 Å². The number of rotatable bonds is 7. The molecule has 0 atom stereocenters. The summed E-state index contributed by atoms with van der Waals surface area (Å²) in [5.41, 5.74) is 0.982. The van der Waals surface area contributed by atoms with Crippen molar-refractivity contribution in [3.8, 4) is 0 Å². The standard InChI is InChI=1S/C15H17FN2O2S/c1-20-9-8-17-15(19)13-6-7-14(21-13)18-10-11-2-4-12(16)5-3-11/h2-7,18H,8-10H2,1H3,(H,17,19). The van der Waals surface area contributed by atoms with Crippen molar-refractivity contribution in [3.63, 3.8) is 0 Å². The summed E-state index contributed by atoms with van der Waals surface area (Å²) in [6, 6.07) is 9.96. The molecule has 0 aliphatic carbocycles. The number of nitrogens with one attached hydrogen (secondary N) is 2. The summed E-state index contributed by atoms with van der Waals surface area (Å²) in [6.45, 7) is 1.57. The van der Waals surface area contributed by atoms with Gasteiger partial charge in [-0.2, -0.15) is 0 Å². The van der Waals surface area contributed by atoms with Gasteiger partial charge in [0.15, 0.2) is 0 Å². The molecule has 0 saturated heterocycles. The number of methoxy groups -OCH3 is 1. The predicted octanol–water partition coefficient (Wildman–Crippen LogP) is 2.88. The molecule has 1 aromatic carbocycles. The van der Waals surface area contributed by atoms with E-state index in [4.69, 9.17) is 4.74 Å². The highest BCUT2D eigenvalue weighted by atomic mass is 32.1. The Balaban J connectivity index is 1.85. The van der Waals surface area contributed by atoms with Gasteiger partial charge in [-0.05, 0) is 29.8 Å². The molecule has 0 aliphatic rings. The number of halogens is 1. The van der Waals surface area contributed by atoms with Crippen LogP contribution < -0.4 is 10.6 Å². The molecule has 0 bridgehead atoms. The number of thiophene rings is 1. The van der Waals surface area contributed by atoms with Crippen molar-refractivity contribution in [2.75, 3.05) is 25.6 Å². The fraction of sp³-hybridized carbons (Fsp3) is 0.267. The molecule has 2 N–H and O–H groups in total. The van der Waals surface area contributed by atoms with Crippen LogP contribution in [0.3, 0.4) is 0 Å². The molecule has 1 aromatic heterocycles. The van der Waals surface area contributed by atoms with Gasteiger partial charge < -0.3 is 15.4 Å². The molecule has 4 nitrogen and oxygen atoms in total. The lowest BCUT2D eigenvalue weighted by molar-refractivity contribution is 0.0941. The lowest BCUT2D eigenvalue weighted by Crippen LogP contribution is -2.26. The predicted molar refractivity (Wildman–Crippen MR) is 82.3 cm³/mol. The van der Waals surface area contributed by atoms with Gasteiger partial charge in [-0.25, -0.2) is 4.39 Å². The topological polar surface area (TPSA) is 50.4 Å². The van der Waals surface area contributed by atoms with E-state index in [9.17, 15) is 9.18 Å². The van der Waals surface area contributed by atoms with Crippen LogP contribution in [0.1, 0.15) is 15.2 Å². The second-order valence-corrected chi connectivity index (χ2v) is 5.48. The molecule has 6 heteroatoms. The smallest absolute Gasteiger partial charge is 0.261 e. The first kappa shape index (κ1) is 15.5. The van der Waals surface area contributed by atoms with Crippen molar-refractivity contribution >= 4 is 22.2 Å². The van der Waals surface area contributed by atoms with E-state index in [0.717, 1.165) is 10.6 Å². The third kappa shape index (κ3) is 4.84. The number of ether oxygens (including phenoxy) is 1. The Kier molecular flexibility index (Phi) is 5.71.